The van der Waals surface area contributed by atoms with Crippen molar-refractivity contribution in [2.75, 3.05) is 32.8 Å². The number of carbonyl (C=O) groups excluding carboxylic acids is 2. The number of benzene rings is 2. The minimum Gasteiger partial charge on any atom is -0.456 e. The van der Waals surface area contributed by atoms with Crippen LogP contribution in [0.4, 0.5) is 0 Å². The summed E-state index contributed by atoms with van der Waals surface area (Å²) in [6, 6.07) is 10.7. The van der Waals surface area contributed by atoms with Gasteiger partial charge in [-0.25, -0.2) is 4.79 Å². The first-order chi connectivity index (χ1) is 16.1. The van der Waals surface area contributed by atoms with E-state index in [-0.39, 0.29) is 23.8 Å². The van der Waals surface area contributed by atoms with Crippen LogP contribution in [0, 0.1) is 5.92 Å². The van der Waals surface area contributed by atoms with Crippen molar-refractivity contribution >= 4 is 35.1 Å². The fraction of sp³-hybridized carbons (Fsp3) is 0.462. The molecule has 0 aromatic heterocycles. The van der Waals surface area contributed by atoms with Crippen LogP contribution >= 0.6 is 23.2 Å². The lowest BCUT2D eigenvalue weighted by atomic mass is 9.88. The Morgan fingerprint density at radius 1 is 1.09 bits per heavy atom. The molecule has 2 heterocycles. The van der Waals surface area contributed by atoms with Crippen LogP contribution in [0.3, 0.4) is 0 Å². The molecule has 4 rings (SSSR count). The molecule has 6 nitrogen and oxygen atoms in total. The number of carbonyl (C=O) groups is 2. The molecule has 0 spiro atoms. The molecular weight excluding hydrogens is 475 g/mol. The van der Waals surface area contributed by atoms with E-state index >= 15 is 0 Å². The van der Waals surface area contributed by atoms with Gasteiger partial charge in [-0.2, -0.15) is 0 Å². The van der Waals surface area contributed by atoms with Gasteiger partial charge in [-0.1, -0.05) is 35.3 Å². The third kappa shape index (κ3) is 5.57. The molecule has 182 valence electrons. The second-order valence-corrected chi connectivity index (χ2v) is 10.5. The van der Waals surface area contributed by atoms with Gasteiger partial charge >= 0.3 is 5.97 Å². The first-order valence-electron chi connectivity index (χ1n) is 11.6. The Balaban J connectivity index is 1.64. The molecule has 2 aliphatic rings. The lowest BCUT2D eigenvalue weighted by molar-refractivity contribution is -0.125. The molecule has 0 bridgehead atoms. The predicted octanol–water partition coefficient (Wildman–Crippen LogP) is 5.13. The summed E-state index contributed by atoms with van der Waals surface area (Å²) in [5.74, 6) is -0.550. The molecule has 2 aromatic carbocycles. The van der Waals surface area contributed by atoms with Crippen molar-refractivity contribution in [3.05, 3.63) is 57.6 Å². The topological polar surface area (TPSA) is 67.9 Å². The first kappa shape index (κ1) is 25.0. The summed E-state index contributed by atoms with van der Waals surface area (Å²) in [7, 11) is 0. The number of nitrogens with one attached hydrogen (secondary N) is 1. The quantitative estimate of drug-likeness (QED) is 0.571. The molecule has 1 amide bonds. The minimum absolute atomic E-state index is 0.0328. The van der Waals surface area contributed by atoms with Gasteiger partial charge in [-0.3, -0.25) is 9.69 Å². The Labute approximate surface area is 210 Å². The van der Waals surface area contributed by atoms with Crippen molar-refractivity contribution in [2.24, 2.45) is 5.92 Å². The van der Waals surface area contributed by atoms with Crippen molar-refractivity contribution in [1.29, 1.82) is 0 Å². The van der Waals surface area contributed by atoms with Gasteiger partial charge in [0.15, 0.2) is 0 Å². The van der Waals surface area contributed by atoms with Gasteiger partial charge in [0.25, 0.3) is 0 Å². The van der Waals surface area contributed by atoms with E-state index in [1.807, 2.05) is 45.0 Å². The lowest BCUT2D eigenvalue weighted by Gasteiger charge is -2.38. The molecule has 2 aliphatic heterocycles. The van der Waals surface area contributed by atoms with Gasteiger partial charge in [-0.05, 0) is 62.6 Å². The molecule has 1 N–H and O–H groups in total. The predicted molar refractivity (Wildman–Crippen MR) is 133 cm³/mol. The number of hydrogen-bond acceptors (Lipinski definition) is 5. The molecular formula is C26H30Cl2N2O4. The van der Waals surface area contributed by atoms with Crippen LogP contribution in [0.5, 0.6) is 0 Å². The van der Waals surface area contributed by atoms with E-state index in [2.05, 4.69) is 10.2 Å². The lowest BCUT2D eigenvalue weighted by Crippen LogP contribution is -2.43. The largest absolute Gasteiger partial charge is 0.456 e. The maximum atomic E-state index is 12.6. The zero-order valence-corrected chi connectivity index (χ0v) is 21.2. The molecule has 2 aromatic rings. The average Bonchev–Trinajstić information content (AvgIpc) is 3.21. The first-order valence-corrected chi connectivity index (χ1v) is 12.3. The number of rotatable bonds is 5. The third-order valence-electron chi connectivity index (χ3n) is 6.14. The Bertz CT molecular complexity index is 1040. The number of halogens is 2. The van der Waals surface area contributed by atoms with Crippen molar-refractivity contribution < 1.29 is 19.1 Å². The zero-order chi connectivity index (χ0) is 24.5. The summed E-state index contributed by atoms with van der Waals surface area (Å²) in [6.07, 6.45) is 0.737. The highest BCUT2D eigenvalue weighted by Crippen LogP contribution is 2.43. The minimum atomic E-state index is -0.556. The number of hydrogen-bond donors (Lipinski definition) is 1. The van der Waals surface area contributed by atoms with E-state index in [0.717, 1.165) is 36.2 Å². The van der Waals surface area contributed by atoms with Crippen LogP contribution < -0.4 is 5.32 Å². The highest BCUT2D eigenvalue weighted by molar-refractivity contribution is 6.36. The fourth-order valence-corrected chi connectivity index (χ4v) is 5.29. The Kier molecular flexibility index (Phi) is 7.53. The van der Waals surface area contributed by atoms with Crippen LogP contribution in [-0.4, -0.2) is 55.2 Å². The third-order valence-corrected chi connectivity index (χ3v) is 6.76. The Morgan fingerprint density at radius 3 is 2.24 bits per heavy atom. The van der Waals surface area contributed by atoms with E-state index in [1.54, 1.807) is 12.1 Å². The summed E-state index contributed by atoms with van der Waals surface area (Å²) >= 11 is 13.7. The summed E-state index contributed by atoms with van der Waals surface area (Å²) in [4.78, 5) is 27.2. The second kappa shape index (κ2) is 10.2. The monoisotopic (exact) mass is 504 g/mol. The van der Waals surface area contributed by atoms with Crippen molar-refractivity contribution in [3.63, 3.8) is 0 Å². The van der Waals surface area contributed by atoms with Gasteiger partial charge in [0.2, 0.25) is 5.91 Å². The second-order valence-electron chi connectivity index (χ2n) is 9.71. The zero-order valence-electron chi connectivity index (χ0n) is 19.7. The van der Waals surface area contributed by atoms with E-state index in [4.69, 9.17) is 32.7 Å². The maximum Gasteiger partial charge on any atom is 0.338 e. The van der Waals surface area contributed by atoms with E-state index in [0.29, 0.717) is 35.4 Å². The van der Waals surface area contributed by atoms with E-state index in [9.17, 15) is 9.59 Å². The Hall–Kier alpha value is -2.12. The molecule has 2 saturated heterocycles. The standard InChI is InChI=1S/C26H30Cl2N2O4/c1-26(2,3)34-25(32)17-6-4-16(5-7-17)18-14-20(27)22(21(28)15-18)23(19-8-9-29-24(19)31)30-10-12-33-13-11-30/h4-7,14-15,19,23H,8-13H2,1-3H3,(H,29,31)/t19?,23-/m1/s1. The van der Waals surface area contributed by atoms with Gasteiger partial charge in [0, 0.05) is 41.3 Å². The molecule has 0 aliphatic carbocycles. The van der Waals surface area contributed by atoms with E-state index in [1.165, 1.54) is 0 Å². The molecule has 8 heteroatoms. The Morgan fingerprint density at radius 2 is 1.71 bits per heavy atom. The summed E-state index contributed by atoms with van der Waals surface area (Å²) in [6.45, 7) is 8.83. The van der Waals surface area contributed by atoms with Crippen molar-refractivity contribution in [3.8, 4) is 11.1 Å². The number of amides is 1. The van der Waals surface area contributed by atoms with Crippen LogP contribution in [0.25, 0.3) is 11.1 Å². The molecule has 0 radical (unpaired) electrons. The molecule has 2 atom stereocenters. The molecule has 34 heavy (non-hydrogen) atoms. The van der Waals surface area contributed by atoms with Crippen molar-refractivity contribution in [2.45, 2.75) is 38.8 Å². The number of morpholine rings is 1. The van der Waals surface area contributed by atoms with Gasteiger partial charge in [0.1, 0.15) is 5.60 Å². The van der Waals surface area contributed by atoms with E-state index < -0.39 is 5.60 Å². The highest BCUT2D eigenvalue weighted by atomic mass is 35.5. The van der Waals surface area contributed by atoms with Gasteiger partial charge in [-0.15, -0.1) is 0 Å². The van der Waals surface area contributed by atoms with Gasteiger partial charge in [0.05, 0.1) is 24.7 Å². The van der Waals surface area contributed by atoms with Crippen LogP contribution in [0.1, 0.15) is 49.2 Å². The SMILES string of the molecule is CC(C)(C)OC(=O)c1ccc(-c2cc(Cl)c([C@@H](C3CCNC3=O)N3CCOCC3)c(Cl)c2)cc1. The molecule has 1 unspecified atom stereocenters. The van der Waals surface area contributed by atoms with Crippen molar-refractivity contribution in [1.82, 2.24) is 10.2 Å². The fourth-order valence-electron chi connectivity index (χ4n) is 4.58. The smallest absolute Gasteiger partial charge is 0.338 e. The number of esters is 1. The summed E-state index contributed by atoms with van der Waals surface area (Å²) in [5.41, 5.74) is 2.42. The van der Waals surface area contributed by atoms with Crippen LogP contribution in [0.15, 0.2) is 36.4 Å². The average molecular weight is 505 g/mol. The summed E-state index contributed by atoms with van der Waals surface area (Å²) < 4.78 is 11.0. The maximum absolute atomic E-state index is 12.6. The van der Waals surface area contributed by atoms with Crippen LogP contribution in [-0.2, 0) is 14.3 Å². The summed E-state index contributed by atoms with van der Waals surface area (Å²) in [5, 5.41) is 3.99. The molecule has 2 fully saturated rings. The number of ether oxygens (including phenoxy) is 2. The molecule has 0 saturated carbocycles. The van der Waals surface area contributed by atoms with Gasteiger partial charge < -0.3 is 14.8 Å². The highest BCUT2D eigenvalue weighted by Gasteiger charge is 2.39. The van der Waals surface area contributed by atoms with Crippen LogP contribution in [0.2, 0.25) is 10.0 Å². The number of nitrogens with zero attached hydrogens (tertiary/aromatic N) is 1. The normalized spacial score (nSPS) is 20.1.